The predicted octanol–water partition coefficient (Wildman–Crippen LogP) is 5.75. The van der Waals surface area contributed by atoms with Crippen LogP contribution < -0.4 is 0 Å². The van der Waals surface area contributed by atoms with Crippen molar-refractivity contribution in [2.45, 2.75) is 26.7 Å². The lowest BCUT2D eigenvalue weighted by Gasteiger charge is -2.07. The number of aromatic hydroxyl groups is 1. The van der Waals surface area contributed by atoms with Gasteiger partial charge in [0.25, 0.3) is 0 Å². The number of phenols is 1. The van der Waals surface area contributed by atoms with Gasteiger partial charge < -0.3 is 5.11 Å². The molecule has 0 atom stereocenters. The van der Waals surface area contributed by atoms with Gasteiger partial charge in [0, 0.05) is 24.4 Å². The van der Waals surface area contributed by atoms with Crippen molar-refractivity contribution < 1.29 is 5.11 Å². The second-order valence-corrected chi connectivity index (χ2v) is 7.64. The molecule has 3 nitrogen and oxygen atoms in total. The van der Waals surface area contributed by atoms with Crippen molar-refractivity contribution >= 4 is 17.0 Å². The van der Waals surface area contributed by atoms with Gasteiger partial charge in [-0.05, 0) is 71.0 Å². The average Bonchev–Trinajstić information content (AvgIpc) is 3.15. The van der Waals surface area contributed by atoms with Crippen molar-refractivity contribution in [3.63, 3.8) is 0 Å². The van der Waals surface area contributed by atoms with Crippen molar-refractivity contribution in [1.82, 2.24) is 4.98 Å². The van der Waals surface area contributed by atoms with E-state index in [9.17, 15) is 5.11 Å². The third kappa shape index (κ3) is 3.89. The first kappa shape index (κ1) is 18.2. The summed E-state index contributed by atoms with van der Waals surface area (Å²) in [5.74, 6) is 0.911. The molecule has 1 N–H and O–H groups in total. The Morgan fingerprint density at radius 3 is 2.11 bits per heavy atom. The van der Waals surface area contributed by atoms with Gasteiger partial charge >= 0.3 is 0 Å². The normalized spacial score (nSPS) is 13.9. The number of hydrogen-bond donors (Lipinski definition) is 1. The van der Waals surface area contributed by atoms with Crippen molar-refractivity contribution in [3.8, 4) is 5.75 Å². The number of benzene rings is 2. The predicted molar refractivity (Wildman–Crippen MR) is 115 cm³/mol. The number of rotatable bonds is 5. The zero-order valence-electron chi connectivity index (χ0n) is 16.3. The highest BCUT2D eigenvalue weighted by atomic mass is 16.3. The standard InChI is InChI=1S/C25H24N2O/c1-17(2)15-18-3-5-20(6-4-18)24-16-23(19-11-13-26-14-12-19)25(27-24)21-7-9-22(28)10-8-21/h3-14,17,28H,15-16H2,1-2H3. The zero-order chi connectivity index (χ0) is 19.5. The van der Waals surface area contributed by atoms with Crippen LogP contribution in [0.2, 0.25) is 0 Å². The Labute approximate surface area is 166 Å². The number of pyridine rings is 1. The molecule has 2 aromatic carbocycles. The summed E-state index contributed by atoms with van der Waals surface area (Å²) >= 11 is 0. The summed E-state index contributed by atoms with van der Waals surface area (Å²) < 4.78 is 0. The van der Waals surface area contributed by atoms with E-state index < -0.39 is 0 Å². The first-order valence-corrected chi connectivity index (χ1v) is 9.70. The zero-order valence-corrected chi connectivity index (χ0v) is 16.3. The Kier molecular flexibility index (Phi) is 5.07. The maximum Gasteiger partial charge on any atom is 0.115 e. The number of allylic oxidation sites excluding steroid dienone is 1. The molecule has 0 unspecified atom stereocenters. The second-order valence-electron chi connectivity index (χ2n) is 7.64. The van der Waals surface area contributed by atoms with Gasteiger partial charge in [-0.25, -0.2) is 0 Å². The van der Waals surface area contributed by atoms with Crippen LogP contribution in [-0.2, 0) is 6.42 Å². The van der Waals surface area contributed by atoms with Gasteiger partial charge in [0.05, 0.1) is 11.4 Å². The van der Waals surface area contributed by atoms with Crippen LogP contribution in [0.15, 0.2) is 78.0 Å². The van der Waals surface area contributed by atoms with E-state index in [4.69, 9.17) is 4.99 Å². The van der Waals surface area contributed by atoms with Crippen LogP contribution in [0.3, 0.4) is 0 Å². The fourth-order valence-corrected chi connectivity index (χ4v) is 3.61. The van der Waals surface area contributed by atoms with Crippen molar-refractivity contribution in [2.24, 2.45) is 10.9 Å². The Morgan fingerprint density at radius 2 is 1.46 bits per heavy atom. The highest BCUT2D eigenvalue weighted by Crippen LogP contribution is 2.37. The summed E-state index contributed by atoms with van der Waals surface area (Å²) in [4.78, 5) is 9.14. The summed E-state index contributed by atoms with van der Waals surface area (Å²) in [5.41, 5.74) is 7.89. The molecule has 140 valence electrons. The van der Waals surface area contributed by atoms with Gasteiger partial charge in [0.1, 0.15) is 5.75 Å². The maximum absolute atomic E-state index is 9.64. The quantitative estimate of drug-likeness (QED) is 0.623. The molecule has 3 heteroatoms. The van der Waals surface area contributed by atoms with Crippen LogP contribution >= 0.6 is 0 Å². The Morgan fingerprint density at radius 1 is 0.821 bits per heavy atom. The summed E-state index contributed by atoms with van der Waals surface area (Å²) in [6, 6.07) is 20.1. The number of nitrogens with zero attached hydrogens (tertiary/aromatic N) is 2. The Balaban J connectivity index is 1.70. The largest absolute Gasteiger partial charge is 0.508 e. The van der Waals surface area contributed by atoms with Crippen LogP contribution in [0.4, 0.5) is 0 Å². The fraction of sp³-hybridized carbons (Fsp3) is 0.200. The molecule has 1 aromatic heterocycles. The van der Waals surface area contributed by atoms with E-state index in [1.807, 2.05) is 36.7 Å². The van der Waals surface area contributed by atoms with E-state index >= 15 is 0 Å². The highest BCUT2D eigenvalue weighted by Gasteiger charge is 2.21. The lowest BCUT2D eigenvalue weighted by molar-refractivity contribution is 0.475. The molecule has 0 aliphatic carbocycles. The molecular formula is C25H24N2O. The lowest BCUT2D eigenvalue weighted by atomic mass is 9.95. The summed E-state index contributed by atoms with van der Waals surface area (Å²) in [6.07, 6.45) is 5.50. The second kappa shape index (κ2) is 7.81. The van der Waals surface area contributed by atoms with E-state index in [-0.39, 0.29) is 5.75 Å². The van der Waals surface area contributed by atoms with Gasteiger partial charge in [0.15, 0.2) is 0 Å². The molecule has 2 heterocycles. The van der Waals surface area contributed by atoms with E-state index in [0.29, 0.717) is 5.92 Å². The van der Waals surface area contributed by atoms with Gasteiger partial charge in [-0.15, -0.1) is 0 Å². The molecule has 1 aliphatic heterocycles. The molecular weight excluding hydrogens is 344 g/mol. The average molecular weight is 368 g/mol. The molecule has 0 saturated heterocycles. The van der Waals surface area contributed by atoms with E-state index in [1.165, 1.54) is 11.1 Å². The Bertz CT molecular complexity index is 1010. The monoisotopic (exact) mass is 368 g/mol. The third-order valence-corrected chi connectivity index (χ3v) is 4.98. The van der Waals surface area contributed by atoms with Crippen LogP contribution in [0, 0.1) is 5.92 Å². The SMILES string of the molecule is CC(C)Cc1ccc(C2=NC(c3ccc(O)cc3)=C(c3ccncc3)C2)cc1. The molecule has 0 fully saturated rings. The summed E-state index contributed by atoms with van der Waals surface area (Å²) in [5, 5.41) is 9.64. The molecule has 0 radical (unpaired) electrons. The molecule has 4 rings (SSSR count). The smallest absolute Gasteiger partial charge is 0.115 e. The molecule has 0 amide bonds. The first-order chi connectivity index (χ1) is 13.6. The molecule has 0 spiro atoms. The first-order valence-electron chi connectivity index (χ1n) is 9.70. The molecule has 28 heavy (non-hydrogen) atoms. The van der Waals surface area contributed by atoms with Gasteiger partial charge in [-0.3, -0.25) is 9.98 Å². The number of aliphatic imine (C=N–C) groups is 1. The lowest BCUT2D eigenvalue weighted by Crippen LogP contribution is -2.00. The summed E-state index contributed by atoms with van der Waals surface area (Å²) in [7, 11) is 0. The van der Waals surface area contributed by atoms with Crippen molar-refractivity contribution in [2.75, 3.05) is 0 Å². The summed E-state index contributed by atoms with van der Waals surface area (Å²) in [6.45, 7) is 4.48. The molecule has 3 aromatic rings. The Hall–Kier alpha value is -3.20. The highest BCUT2D eigenvalue weighted by molar-refractivity contribution is 6.16. The minimum absolute atomic E-state index is 0.262. The minimum atomic E-state index is 0.262. The topological polar surface area (TPSA) is 45.5 Å². The van der Waals surface area contributed by atoms with Crippen LogP contribution in [0.5, 0.6) is 5.75 Å². The number of phenolic OH excluding ortho intramolecular Hbond substituents is 1. The van der Waals surface area contributed by atoms with E-state index in [1.54, 1.807) is 12.1 Å². The van der Waals surface area contributed by atoms with Crippen molar-refractivity contribution in [1.29, 1.82) is 0 Å². The number of aromatic nitrogens is 1. The van der Waals surface area contributed by atoms with E-state index in [2.05, 4.69) is 43.1 Å². The molecule has 0 bridgehead atoms. The van der Waals surface area contributed by atoms with Gasteiger partial charge in [-0.1, -0.05) is 38.1 Å². The minimum Gasteiger partial charge on any atom is -0.508 e. The van der Waals surface area contributed by atoms with Crippen LogP contribution in [0.1, 0.15) is 42.5 Å². The van der Waals surface area contributed by atoms with Gasteiger partial charge in [0.2, 0.25) is 0 Å². The molecule has 0 saturated carbocycles. The number of hydrogen-bond acceptors (Lipinski definition) is 3. The van der Waals surface area contributed by atoms with Gasteiger partial charge in [-0.2, -0.15) is 0 Å². The van der Waals surface area contributed by atoms with E-state index in [0.717, 1.165) is 40.9 Å². The third-order valence-electron chi connectivity index (χ3n) is 4.98. The fourth-order valence-electron chi connectivity index (χ4n) is 3.61. The van der Waals surface area contributed by atoms with Crippen LogP contribution in [-0.4, -0.2) is 15.8 Å². The maximum atomic E-state index is 9.64. The molecule has 1 aliphatic rings. The van der Waals surface area contributed by atoms with Crippen LogP contribution in [0.25, 0.3) is 11.3 Å². The van der Waals surface area contributed by atoms with Crippen molar-refractivity contribution in [3.05, 3.63) is 95.3 Å².